The Kier molecular flexibility index (Phi) is 8.38. The number of aromatic nitrogens is 2. The molecular weight excluding hydrogens is 453 g/mol. The molecule has 0 fully saturated rings. The van der Waals surface area contributed by atoms with Gasteiger partial charge in [0.1, 0.15) is 11.6 Å². The van der Waals surface area contributed by atoms with Crippen molar-refractivity contribution < 1.29 is 4.42 Å². The minimum Gasteiger partial charge on any atom is -0.467 e. The van der Waals surface area contributed by atoms with Gasteiger partial charge in [-0.2, -0.15) is 0 Å². The van der Waals surface area contributed by atoms with Crippen molar-refractivity contribution in [2.75, 3.05) is 6.54 Å². The topological polar surface area (TPSA) is 67.4 Å². The zero-order valence-corrected chi connectivity index (χ0v) is 18.0. The van der Waals surface area contributed by atoms with Crippen LogP contribution in [-0.4, -0.2) is 22.1 Å². The summed E-state index contributed by atoms with van der Waals surface area (Å²) in [4.78, 5) is 8.95. The fourth-order valence-electron chi connectivity index (χ4n) is 2.69. The van der Waals surface area contributed by atoms with Crippen LogP contribution in [0.5, 0.6) is 0 Å². The van der Waals surface area contributed by atoms with Crippen LogP contribution in [0, 0.1) is 6.92 Å². The van der Waals surface area contributed by atoms with Gasteiger partial charge in [-0.25, -0.2) is 9.98 Å². The second-order valence-corrected chi connectivity index (χ2v) is 6.05. The first-order valence-electron chi connectivity index (χ1n) is 8.84. The van der Waals surface area contributed by atoms with Gasteiger partial charge in [-0.1, -0.05) is 24.3 Å². The van der Waals surface area contributed by atoms with Crippen LogP contribution in [0.25, 0.3) is 0 Å². The first kappa shape index (κ1) is 21.0. The van der Waals surface area contributed by atoms with Crippen molar-refractivity contribution in [2.45, 2.75) is 33.5 Å². The van der Waals surface area contributed by atoms with E-state index in [4.69, 9.17) is 4.42 Å². The van der Waals surface area contributed by atoms with E-state index in [1.165, 1.54) is 11.1 Å². The Balaban J connectivity index is 0.00000261. The largest absolute Gasteiger partial charge is 0.467 e. The van der Waals surface area contributed by atoms with Gasteiger partial charge in [-0.15, -0.1) is 24.0 Å². The standard InChI is InChI=1S/C20H25N5O.HI/c1-3-21-20(24-14-19-8-5-11-26-19)23-13-17-6-4-7-18(12-17)15-25-10-9-22-16(25)2;/h4-12H,3,13-15H2,1-2H3,(H2,21,23,24);1H. The summed E-state index contributed by atoms with van der Waals surface area (Å²) in [5, 5.41) is 6.54. The Hall–Kier alpha value is -2.29. The molecule has 0 saturated carbocycles. The molecule has 0 atom stereocenters. The minimum atomic E-state index is 0. The van der Waals surface area contributed by atoms with Crippen LogP contribution < -0.4 is 10.6 Å². The Morgan fingerprint density at radius 1 is 1.19 bits per heavy atom. The highest BCUT2D eigenvalue weighted by Crippen LogP contribution is 2.10. The van der Waals surface area contributed by atoms with Gasteiger partial charge >= 0.3 is 0 Å². The number of hydrogen-bond donors (Lipinski definition) is 2. The van der Waals surface area contributed by atoms with Crippen molar-refractivity contribution in [2.24, 2.45) is 4.99 Å². The van der Waals surface area contributed by atoms with Gasteiger partial charge in [0.2, 0.25) is 0 Å². The molecule has 3 aromatic rings. The Morgan fingerprint density at radius 3 is 2.74 bits per heavy atom. The summed E-state index contributed by atoms with van der Waals surface area (Å²) >= 11 is 0. The van der Waals surface area contributed by atoms with E-state index in [2.05, 4.69) is 56.4 Å². The molecule has 0 bridgehead atoms. The van der Waals surface area contributed by atoms with Crippen molar-refractivity contribution in [1.82, 2.24) is 20.2 Å². The first-order valence-corrected chi connectivity index (χ1v) is 8.84. The molecular formula is C20H26IN5O. The van der Waals surface area contributed by atoms with Crippen molar-refractivity contribution >= 4 is 29.9 Å². The molecule has 7 heteroatoms. The fraction of sp³-hybridized carbons (Fsp3) is 0.300. The highest BCUT2D eigenvalue weighted by atomic mass is 127. The lowest BCUT2D eigenvalue weighted by Gasteiger charge is -2.11. The third kappa shape index (κ3) is 6.42. The van der Waals surface area contributed by atoms with E-state index in [0.29, 0.717) is 13.1 Å². The molecule has 1 aromatic carbocycles. The first-order chi connectivity index (χ1) is 12.7. The Labute approximate surface area is 177 Å². The third-order valence-corrected chi connectivity index (χ3v) is 4.04. The SMILES string of the molecule is CCNC(=NCc1cccc(Cn2ccnc2C)c1)NCc1ccco1.I. The van der Waals surface area contributed by atoms with Crippen LogP contribution in [0.1, 0.15) is 29.6 Å². The molecule has 0 unspecified atom stereocenters. The third-order valence-electron chi connectivity index (χ3n) is 4.04. The van der Waals surface area contributed by atoms with Crippen LogP contribution in [-0.2, 0) is 19.6 Å². The molecule has 0 saturated heterocycles. The number of rotatable bonds is 7. The number of nitrogens with zero attached hydrogens (tertiary/aromatic N) is 3. The second-order valence-electron chi connectivity index (χ2n) is 6.05. The molecule has 2 heterocycles. The van der Waals surface area contributed by atoms with Crippen LogP contribution in [0.4, 0.5) is 0 Å². The molecule has 2 N–H and O–H groups in total. The molecule has 0 spiro atoms. The zero-order valence-electron chi connectivity index (χ0n) is 15.7. The Morgan fingerprint density at radius 2 is 2.04 bits per heavy atom. The predicted octanol–water partition coefficient (Wildman–Crippen LogP) is 3.71. The van der Waals surface area contributed by atoms with Crippen molar-refractivity contribution in [3.8, 4) is 0 Å². The summed E-state index contributed by atoms with van der Waals surface area (Å²) in [5.74, 6) is 2.68. The molecule has 27 heavy (non-hydrogen) atoms. The van der Waals surface area contributed by atoms with Crippen LogP contribution in [0.15, 0.2) is 64.5 Å². The number of halogens is 1. The maximum absolute atomic E-state index is 5.35. The number of aliphatic imine (C=N–C) groups is 1. The van der Waals surface area contributed by atoms with E-state index in [1.54, 1.807) is 6.26 Å². The lowest BCUT2D eigenvalue weighted by molar-refractivity contribution is 0.501. The van der Waals surface area contributed by atoms with Crippen molar-refractivity contribution in [3.63, 3.8) is 0 Å². The van der Waals surface area contributed by atoms with Crippen molar-refractivity contribution in [1.29, 1.82) is 0 Å². The zero-order chi connectivity index (χ0) is 18.2. The summed E-state index contributed by atoms with van der Waals surface area (Å²) in [7, 11) is 0. The van der Waals surface area contributed by atoms with E-state index in [9.17, 15) is 0 Å². The maximum atomic E-state index is 5.35. The number of benzene rings is 1. The molecule has 0 aliphatic carbocycles. The van der Waals surface area contributed by atoms with E-state index in [-0.39, 0.29) is 24.0 Å². The highest BCUT2D eigenvalue weighted by Gasteiger charge is 2.02. The number of nitrogens with one attached hydrogen (secondary N) is 2. The average molecular weight is 479 g/mol. The van der Waals surface area contributed by atoms with E-state index >= 15 is 0 Å². The summed E-state index contributed by atoms with van der Waals surface area (Å²) in [6.45, 7) is 6.92. The van der Waals surface area contributed by atoms with Crippen LogP contribution >= 0.6 is 24.0 Å². The van der Waals surface area contributed by atoms with Gasteiger partial charge in [-0.3, -0.25) is 0 Å². The smallest absolute Gasteiger partial charge is 0.191 e. The normalized spacial score (nSPS) is 11.1. The molecule has 0 radical (unpaired) electrons. The van der Waals surface area contributed by atoms with Gasteiger partial charge in [0.25, 0.3) is 0 Å². The van der Waals surface area contributed by atoms with E-state index in [0.717, 1.165) is 30.6 Å². The predicted molar refractivity (Wildman–Crippen MR) is 118 cm³/mol. The van der Waals surface area contributed by atoms with Gasteiger partial charge in [0.15, 0.2) is 5.96 Å². The lowest BCUT2D eigenvalue weighted by atomic mass is 10.1. The summed E-state index contributed by atoms with van der Waals surface area (Å²) in [5.41, 5.74) is 2.42. The molecule has 2 aromatic heterocycles. The number of hydrogen-bond acceptors (Lipinski definition) is 3. The quantitative estimate of drug-likeness (QED) is 0.308. The summed E-state index contributed by atoms with van der Waals surface area (Å²) in [6.07, 6.45) is 5.51. The van der Waals surface area contributed by atoms with Gasteiger partial charge in [0.05, 0.1) is 19.4 Å². The molecule has 0 amide bonds. The monoisotopic (exact) mass is 479 g/mol. The van der Waals surface area contributed by atoms with Gasteiger partial charge < -0.3 is 19.6 Å². The number of aryl methyl sites for hydroxylation is 1. The van der Waals surface area contributed by atoms with E-state index < -0.39 is 0 Å². The number of imidazole rings is 1. The number of guanidine groups is 1. The minimum absolute atomic E-state index is 0. The van der Waals surface area contributed by atoms with Crippen LogP contribution in [0.3, 0.4) is 0 Å². The van der Waals surface area contributed by atoms with Crippen molar-refractivity contribution in [3.05, 3.63) is 77.8 Å². The fourth-order valence-corrected chi connectivity index (χ4v) is 2.69. The van der Waals surface area contributed by atoms with Crippen LogP contribution in [0.2, 0.25) is 0 Å². The summed E-state index contributed by atoms with van der Waals surface area (Å²) < 4.78 is 7.48. The Bertz CT molecular complexity index is 842. The van der Waals surface area contributed by atoms with Gasteiger partial charge in [-0.05, 0) is 37.1 Å². The second kappa shape index (κ2) is 10.8. The molecule has 6 nitrogen and oxygen atoms in total. The average Bonchev–Trinajstić information content (AvgIpc) is 3.30. The molecule has 144 valence electrons. The van der Waals surface area contributed by atoms with Gasteiger partial charge in [0, 0.05) is 25.5 Å². The number of furan rings is 1. The van der Waals surface area contributed by atoms with E-state index in [1.807, 2.05) is 31.5 Å². The molecule has 3 rings (SSSR count). The molecule has 0 aliphatic rings. The maximum Gasteiger partial charge on any atom is 0.191 e. The lowest BCUT2D eigenvalue weighted by Crippen LogP contribution is -2.36. The summed E-state index contributed by atoms with van der Waals surface area (Å²) in [6, 6.07) is 12.3. The molecule has 0 aliphatic heterocycles. The highest BCUT2D eigenvalue weighted by molar-refractivity contribution is 14.0.